The van der Waals surface area contributed by atoms with Gasteiger partial charge in [-0.05, 0) is 73.1 Å². The molecule has 2 saturated heterocycles. The minimum absolute atomic E-state index is 0.245. The van der Waals surface area contributed by atoms with Crippen molar-refractivity contribution in [3.05, 3.63) is 28.8 Å². The molecular formula is C21H34B2ClO4Si. The predicted octanol–water partition coefficient (Wildman–Crippen LogP) is 4.65. The lowest BCUT2D eigenvalue weighted by Gasteiger charge is -2.32. The molecule has 3 rings (SSSR count). The summed E-state index contributed by atoms with van der Waals surface area (Å²) in [5.74, 6) is 0. The zero-order valence-corrected chi connectivity index (χ0v) is 21.2. The molecule has 0 unspecified atom stereocenters. The molecule has 0 amide bonds. The molecule has 0 aromatic heterocycles. The van der Waals surface area contributed by atoms with Crippen molar-refractivity contribution < 1.29 is 18.6 Å². The Morgan fingerprint density at radius 3 is 1.48 bits per heavy atom. The summed E-state index contributed by atoms with van der Waals surface area (Å²) in [4.78, 5) is 0. The highest BCUT2D eigenvalue weighted by molar-refractivity contribution is 6.74. The molecule has 0 bridgehead atoms. The molecule has 4 nitrogen and oxygen atoms in total. The van der Waals surface area contributed by atoms with Crippen LogP contribution in [-0.2, 0) is 18.6 Å². The molecular weight excluding hydrogens is 401 g/mol. The van der Waals surface area contributed by atoms with E-state index in [1.165, 1.54) is 5.19 Å². The fourth-order valence-corrected chi connectivity index (χ4v) is 5.17. The summed E-state index contributed by atoms with van der Waals surface area (Å²) in [6.07, 6.45) is 0. The SMILES string of the molecule is C[Si](C)c1ccc(Cl)cc1C(B1OC(C)(C)C(C)(C)O1)B1OC(C)(C)C(C)(C)O1. The summed E-state index contributed by atoms with van der Waals surface area (Å²) >= 11 is 6.45. The monoisotopic (exact) mass is 435 g/mol. The average Bonchev–Trinajstić information content (AvgIpc) is 2.86. The Bertz CT molecular complexity index is 714. The maximum atomic E-state index is 6.49. The molecule has 1 aromatic carbocycles. The van der Waals surface area contributed by atoms with Crippen LogP contribution < -0.4 is 5.19 Å². The Labute approximate surface area is 183 Å². The van der Waals surface area contributed by atoms with Gasteiger partial charge in [-0.1, -0.05) is 35.9 Å². The Kier molecular flexibility index (Phi) is 5.95. The maximum Gasteiger partial charge on any atom is 0.463 e. The van der Waals surface area contributed by atoms with Gasteiger partial charge in [0.2, 0.25) is 0 Å². The van der Waals surface area contributed by atoms with Crippen molar-refractivity contribution in [2.45, 2.75) is 96.6 Å². The Morgan fingerprint density at radius 2 is 1.14 bits per heavy atom. The Balaban J connectivity index is 2.11. The molecule has 1 radical (unpaired) electrons. The second-order valence-electron chi connectivity index (χ2n) is 10.5. The van der Waals surface area contributed by atoms with Crippen molar-refractivity contribution in [3.8, 4) is 0 Å². The van der Waals surface area contributed by atoms with Crippen LogP contribution in [0.15, 0.2) is 18.2 Å². The van der Waals surface area contributed by atoms with Gasteiger partial charge in [0.15, 0.2) is 0 Å². The molecule has 159 valence electrons. The number of benzene rings is 1. The lowest BCUT2D eigenvalue weighted by molar-refractivity contribution is 0.00578. The fourth-order valence-electron chi connectivity index (χ4n) is 3.76. The van der Waals surface area contributed by atoms with Crippen LogP contribution in [0.2, 0.25) is 18.1 Å². The van der Waals surface area contributed by atoms with E-state index in [9.17, 15) is 0 Å². The molecule has 1 aromatic rings. The average molecular weight is 436 g/mol. The van der Waals surface area contributed by atoms with E-state index < -0.39 is 45.4 Å². The minimum atomic E-state index is -0.755. The number of hydrogen-bond donors (Lipinski definition) is 0. The molecule has 0 N–H and O–H groups in total. The lowest BCUT2D eigenvalue weighted by Crippen LogP contribution is -2.45. The number of halogens is 1. The summed E-state index contributed by atoms with van der Waals surface area (Å²) in [5, 5.41) is 2.00. The summed E-state index contributed by atoms with van der Waals surface area (Å²) in [5.41, 5.74) is -0.900. The first-order valence-corrected chi connectivity index (χ1v) is 13.3. The van der Waals surface area contributed by atoms with Gasteiger partial charge in [0.1, 0.15) is 0 Å². The van der Waals surface area contributed by atoms with Crippen LogP contribution in [0.25, 0.3) is 0 Å². The van der Waals surface area contributed by atoms with Crippen molar-refractivity contribution in [1.29, 1.82) is 0 Å². The van der Waals surface area contributed by atoms with Gasteiger partial charge in [-0.3, -0.25) is 0 Å². The van der Waals surface area contributed by atoms with E-state index in [4.69, 9.17) is 30.2 Å². The van der Waals surface area contributed by atoms with Crippen molar-refractivity contribution >= 4 is 39.8 Å². The minimum Gasteiger partial charge on any atom is -0.403 e. The third kappa shape index (κ3) is 4.11. The summed E-state index contributed by atoms with van der Waals surface area (Å²) < 4.78 is 26.0. The van der Waals surface area contributed by atoms with Crippen LogP contribution in [0, 0.1) is 0 Å². The third-order valence-electron chi connectivity index (χ3n) is 7.04. The number of rotatable bonds is 4. The van der Waals surface area contributed by atoms with Gasteiger partial charge in [-0.2, -0.15) is 0 Å². The topological polar surface area (TPSA) is 36.9 Å². The molecule has 8 heteroatoms. The molecule has 2 aliphatic rings. The van der Waals surface area contributed by atoms with Gasteiger partial charge in [-0.15, -0.1) is 0 Å². The van der Waals surface area contributed by atoms with Crippen LogP contribution in [0.5, 0.6) is 0 Å². The highest BCUT2D eigenvalue weighted by Gasteiger charge is 2.62. The van der Waals surface area contributed by atoms with Crippen LogP contribution in [-0.4, -0.2) is 45.4 Å². The van der Waals surface area contributed by atoms with Crippen molar-refractivity contribution in [1.82, 2.24) is 0 Å². The van der Waals surface area contributed by atoms with E-state index in [0.717, 1.165) is 5.56 Å². The van der Waals surface area contributed by atoms with Crippen molar-refractivity contribution in [2.24, 2.45) is 0 Å². The second kappa shape index (κ2) is 7.39. The Morgan fingerprint density at radius 1 is 0.759 bits per heavy atom. The van der Waals surface area contributed by atoms with Gasteiger partial charge in [0.25, 0.3) is 0 Å². The summed E-state index contributed by atoms with van der Waals surface area (Å²) in [7, 11) is -1.74. The molecule has 29 heavy (non-hydrogen) atoms. The molecule has 0 atom stereocenters. The van der Waals surface area contributed by atoms with Crippen molar-refractivity contribution in [3.63, 3.8) is 0 Å². The second-order valence-corrected chi connectivity index (χ2v) is 13.5. The van der Waals surface area contributed by atoms with Gasteiger partial charge in [0, 0.05) is 5.02 Å². The zero-order chi connectivity index (χ0) is 22.0. The van der Waals surface area contributed by atoms with E-state index >= 15 is 0 Å². The summed E-state index contributed by atoms with van der Waals surface area (Å²) in [6.45, 7) is 21.1. The Hall–Kier alpha value is -0.303. The zero-order valence-electron chi connectivity index (χ0n) is 19.5. The van der Waals surface area contributed by atoms with Crippen LogP contribution in [0.4, 0.5) is 0 Å². The smallest absolute Gasteiger partial charge is 0.403 e. The summed E-state index contributed by atoms with van der Waals surface area (Å²) in [6, 6.07) is 6.13. The van der Waals surface area contributed by atoms with Crippen LogP contribution in [0.1, 0.15) is 66.7 Å². The molecule has 0 saturated carbocycles. The normalized spacial score (nSPS) is 24.7. The van der Waals surface area contributed by atoms with Gasteiger partial charge < -0.3 is 18.6 Å². The molecule has 2 fully saturated rings. The first kappa shape index (κ1) is 23.4. The molecule has 0 aliphatic carbocycles. The van der Waals surface area contributed by atoms with Gasteiger partial charge in [0.05, 0.1) is 36.9 Å². The highest BCUT2D eigenvalue weighted by atomic mass is 35.5. The molecule has 2 aliphatic heterocycles. The van der Waals surface area contributed by atoms with Gasteiger partial charge >= 0.3 is 14.2 Å². The van der Waals surface area contributed by atoms with Crippen molar-refractivity contribution in [2.75, 3.05) is 0 Å². The van der Waals surface area contributed by atoms with Crippen LogP contribution >= 0.6 is 11.6 Å². The van der Waals surface area contributed by atoms with Gasteiger partial charge in [-0.25, -0.2) is 0 Å². The quantitative estimate of drug-likeness (QED) is 0.645. The van der Waals surface area contributed by atoms with E-state index in [-0.39, 0.29) is 5.72 Å². The van der Waals surface area contributed by atoms with E-state index in [0.29, 0.717) is 5.02 Å². The largest absolute Gasteiger partial charge is 0.463 e. The first-order valence-electron chi connectivity index (χ1n) is 10.4. The fraction of sp³-hybridized carbons (Fsp3) is 0.714. The molecule has 2 heterocycles. The van der Waals surface area contributed by atoms with E-state index in [1.54, 1.807) is 0 Å². The maximum absolute atomic E-state index is 6.49. The highest BCUT2D eigenvalue weighted by Crippen LogP contribution is 2.46. The standard InChI is InChI=1S/C21H34B2ClO4Si/c1-18(2)19(3,4)26-22(25-18)17(23-27-20(5,6)21(7,8)28-23)15-13-14(24)11-12-16(15)29(9)10/h11-13,17H,1-10H3. The van der Waals surface area contributed by atoms with E-state index in [1.807, 2.05) is 12.1 Å². The number of hydrogen-bond acceptors (Lipinski definition) is 4. The third-order valence-corrected chi connectivity index (χ3v) is 8.81. The lowest BCUT2D eigenvalue weighted by atomic mass is 9.49. The first-order chi connectivity index (χ1) is 13.1. The van der Waals surface area contributed by atoms with Crippen LogP contribution in [0.3, 0.4) is 0 Å². The predicted molar refractivity (Wildman–Crippen MR) is 123 cm³/mol. The van der Waals surface area contributed by atoms with E-state index in [2.05, 4.69) is 74.6 Å². The molecule has 0 spiro atoms.